The number of carbonyl (C=O) groups is 2. The highest BCUT2D eigenvalue weighted by Gasteiger charge is 2.26. The van der Waals surface area contributed by atoms with Gasteiger partial charge < -0.3 is 10.2 Å². The summed E-state index contributed by atoms with van der Waals surface area (Å²) in [7, 11) is 0. The number of carbonyl (C=O) groups excluding carboxylic acids is 2. The van der Waals surface area contributed by atoms with Gasteiger partial charge in [0.15, 0.2) is 5.13 Å². The Hall–Kier alpha value is -1.19. The van der Waals surface area contributed by atoms with E-state index >= 15 is 0 Å². The number of halogens is 2. The second-order valence-electron chi connectivity index (χ2n) is 5.99. The molecular formula is C17H24Cl2N4O2S2. The number of nitrogens with zero attached hydrogens (tertiary/aromatic N) is 2. The predicted octanol–water partition coefficient (Wildman–Crippen LogP) is 3.44. The van der Waals surface area contributed by atoms with Gasteiger partial charge in [0.25, 0.3) is 5.91 Å². The predicted molar refractivity (Wildman–Crippen MR) is 116 cm³/mol. The van der Waals surface area contributed by atoms with Crippen molar-refractivity contribution in [1.29, 1.82) is 0 Å². The summed E-state index contributed by atoms with van der Waals surface area (Å²) in [5.74, 6) is -0.0520. The molecule has 0 saturated carbocycles. The molecule has 6 nitrogen and oxygen atoms in total. The number of hydrogen-bond donors (Lipinski definition) is 2. The number of thiophene rings is 1. The van der Waals surface area contributed by atoms with Gasteiger partial charge in [-0.3, -0.25) is 14.9 Å². The molecule has 0 bridgehead atoms. The second kappa shape index (κ2) is 11.6. The third kappa shape index (κ3) is 6.43. The van der Waals surface area contributed by atoms with Gasteiger partial charge >= 0.3 is 0 Å². The Bertz CT molecular complexity index is 718. The largest absolute Gasteiger partial charge is 0.338 e. The Morgan fingerprint density at radius 3 is 2.81 bits per heavy atom. The fraction of sp³-hybridized carbons (Fsp3) is 0.471. The normalized spacial score (nSPS) is 15.5. The zero-order valence-corrected chi connectivity index (χ0v) is 18.2. The van der Waals surface area contributed by atoms with E-state index in [1.807, 2.05) is 21.7 Å². The Morgan fingerprint density at radius 1 is 1.37 bits per heavy atom. The van der Waals surface area contributed by atoms with Crippen LogP contribution in [0.25, 0.3) is 0 Å². The first-order chi connectivity index (χ1) is 12.2. The third-order valence-electron chi connectivity index (χ3n) is 4.11. The average molecular weight is 451 g/mol. The van der Waals surface area contributed by atoms with Crippen molar-refractivity contribution in [3.63, 3.8) is 0 Å². The van der Waals surface area contributed by atoms with Gasteiger partial charge in [0.1, 0.15) is 0 Å². The first kappa shape index (κ1) is 23.8. The topological polar surface area (TPSA) is 74.3 Å². The highest BCUT2D eigenvalue weighted by Crippen LogP contribution is 2.19. The number of anilines is 1. The van der Waals surface area contributed by atoms with Crippen molar-refractivity contribution < 1.29 is 9.59 Å². The Morgan fingerprint density at radius 2 is 2.19 bits per heavy atom. The van der Waals surface area contributed by atoms with E-state index in [9.17, 15) is 9.59 Å². The summed E-state index contributed by atoms with van der Waals surface area (Å²) in [6.07, 6.45) is 2.23. The first-order valence-electron chi connectivity index (χ1n) is 8.46. The van der Waals surface area contributed by atoms with Crippen LogP contribution in [0.15, 0.2) is 22.9 Å². The zero-order chi connectivity index (χ0) is 17.6. The molecule has 1 saturated heterocycles. The van der Waals surface area contributed by atoms with Gasteiger partial charge in [-0.05, 0) is 30.8 Å². The summed E-state index contributed by atoms with van der Waals surface area (Å²) >= 11 is 2.74. The van der Waals surface area contributed by atoms with Gasteiger partial charge in [0.2, 0.25) is 5.91 Å². The van der Waals surface area contributed by atoms with Crippen molar-refractivity contribution in [2.75, 3.05) is 25.0 Å². The molecule has 2 N–H and O–H groups in total. The fourth-order valence-corrected chi connectivity index (χ4v) is 4.25. The van der Waals surface area contributed by atoms with Crippen molar-refractivity contribution >= 4 is 64.4 Å². The molecule has 1 aliphatic heterocycles. The van der Waals surface area contributed by atoms with Crippen LogP contribution in [0.3, 0.4) is 0 Å². The summed E-state index contributed by atoms with van der Waals surface area (Å²) in [5, 5.41) is 10.3. The number of aromatic nitrogens is 1. The summed E-state index contributed by atoms with van der Waals surface area (Å²) in [4.78, 5) is 31.8. The van der Waals surface area contributed by atoms with E-state index in [0.717, 1.165) is 32.5 Å². The van der Waals surface area contributed by atoms with E-state index < -0.39 is 0 Å². The molecule has 2 amide bonds. The van der Waals surface area contributed by atoms with Crippen LogP contribution in [0.1, 0.15) is 35.1 Å². The third-order valence-corrected chi connectivity index (χ3v) is 5.78. The van der Waals surface area contributed by atoms with Crippen molar-refractivity contribution in [2.24, 2.45) is 0 Å². The molecule has 0 aliphatic carbocycles. The summed E-state index contributed by atoms with van der Waals surface area (Å²) in [6, 6.07) is 3.89. The van der Waals surface area contributed by atoms with Crippen LogP contribution >= 0.6 is 47.5 Å². The standard InChI is InChI=1S/C17H22N4O2S2.2ClH/c1-2-7-21(13-5-6-18-10-13)15(22)9-12-11-25-17(19-12)20-16(23)14-4-3-8-24-14;;/h3-4,8,11,13,18H,2,5-7,9-10H2,1H3,(H,19,20,23);2*1H. The lowest BCUT2D eigenvalue weighted by atomic mass is 10.2. The molecule has 1 fully saturated rings. The van der Waals surface area contributed by atoms with Gasteiger partial charge in [-0.1, -0.05) is 13.0 Å². The molecule has 10 heteroatoms. The van der Waals surface area contributed by atoms with Gasteiger partial charge in [-0.15, -0.1) is 47.5 Å². The van der Waals surface area contributed by atoms with Crippen molar-refractivity contribution in [1.82, 2.24) is 15.2 Å². The number of rotatable bonds is 7. The minimum absolute atomic E-state index is 0. The molecule has 0 aromatic carbocycles. The Labute approximate surface area is 179 Å². The van der Waals surface area contributed by atoms with E-state index in [1.165, 1.54) is 22.7 Å². The SMILES string of the molecule is CCCN(C(=O)Cc1csc(NC(=O)c2cccs2)n1)C1CCNC1.Cl.Cl. The number of nitrogens with one attached hydrogen (secondary N) is 2. The minimum Gasteiger partial charge on any atom is -0.338 e. The molecule has 27 heavy (non-hydrogen) atoms. The van der Waals surface area contributed by atoms with E-state index in [2.05, 4.69) is 22.5 Å². The Kier molecular flexibility index (Phi) is 10.3. The van der Waals surface area contributed by atoms with E-state index in [-0.39, 0.29) is 49.1 Å². The second-order valence-corrected chi connectivity index (χ2v) is 7.79. The molecule has 0 spiro atoms. The van der Waals surface area contributed by atoms with Crippen LogP contribution in [0.2, 0.25) is 0 Å². The summed E-state index contributed by atoms with van der Waals surface area (Å²) in [6.45, 7) is 4.69. The van der Waals surface area contributed by atoms with Gasteiger partial charge in [0.05, 0.1) is 17.0 Å². The van der Waals surface area contributed by atoms with Crippen LogP contribution in [-0.4, -0.2) is 47.4 Å². The van der Waals surface area contributed by atoms with Gasteiger partial charge in [-0.25, -0.2) is 4.98 Å². The maximum atomic E-state index is 12.7. The number of thiazole rings is 1. The number of amides is 2. The molecule has 150 valence electrons. The lowest BCUT2D eigenvalue weighted by molar-refractivity contribution is -0.132. The molecular weight excluding hydrogens is 427 g/mol. The first-order valence-corrected chi connectivity index (χ1v) is 10.2. The van der Waals surface area contributed by atoms with Crippen LogP contribution in [0, 0.1) is 0 Å². The molecule has 0 radical (unpaired) electrons. The monoisotopic (exact) mass is 450 g/mol. The molecule has 1 atom stereocenters. The van der Waals surface area contributed by atoms with E-state index in [1.54, 1.807) is 6.07 Å². The molecule has 2 aromatic rings. The fourth-order valence-electron chi connectivity index (χ4n) is 2.93. The van der Waals surface area contributed by atoms with Crippen LogP contribution in [0.4, 0.5) is 5.13 Å². The maximum Gasteiger partial charge on any atom is 0.267 e. The quantitative estimate of drug-likeness (QED) is 0.677. The van der Waals surface area contributed by atoms with Crippen molar-refractivity contribution in [3.05, 3.63) is 33.5 Å². The highest BCUT2D eigenvalue weighted by molar-refractivity contribution is 7.14. The number of hydrogen-bond acceptors (Lipinski definition) is 6. The minimum atomic E-state index is -0.160. The van der Waals surface area contributed by atoms with Gasteiger partial charge in [-0.2, -0.15) is 0 Å². The van der Waals surface area contributed by atoms with Crippen molar-refractivity contribution in [3.8, 4) is 0 Å². The van der Waals surface area contributed by atoms with E-state index in [0.29, 0.717) is 15.7 Å². The molecule has 1 aliphatic rings. The van der Waals surface area contributed by atoms with Crippen molar-refractivity contribution in [2.45, 2.75) is 32.2 Å². The molecule has 2 aromatic heterocycles. The zero-order valence-electron chi connectivity index (χ0n) is 15.0. The lowest BCUT2D eigenvalue weighted by Gasteiger charge is -2.28. The van der Waals surface area contributed by atoms with E-state index in [4.69, 9.17) is 0 Å². The average Bonchev–Trinajstić information content (AvgIpc) is 3.34. The summed E-state index contributed by atoms with van der Waals surface area (Å²) < 4.78 is 0. The van der Waals surface area contributed by atoms with Crippen LogP contribution in [-0.2, 0) is 11.2 Å². The maximum absolute atomic E-state index is 12.7. The lowest BCUT2D eigenvalue weighted by Crippen LogP contribution is -2.42. The summed E-state index contributed by atoms with van der Waals surface area (Å²) in [5.41, 5.74) is 0.712. The van der Waals surface area contributed by atoms with Crippen LogP contribution < -0.4 is 10.6 Å². The van der Waals surface area contributed by atoms with Gasteiger partial charge in [0, 0.05) is 24.5 Å². The smallest absolute Gasteiger partial charge is 0.267 e. The highest BCUT2D eigenvalue weighted by atomic mass is 35.5. The van der Waals surface area contributed by atoms with Crippen LogP contribution in [0.5, 0.6) is 0 Å². The molecule has 3 rings (SSSR count). The molecule has 1 unspecified atom stereocenters. The molecule has 3 heterocycles. The Balaban J connectivity index is 0.00000182.